The van der Waals surface area contributed by atoms with Crippen LogP contribution in [-0.4, -0.2) is 89.3 Å². The smallest absolute Gasteiger partial charge is 0.338 e. The van der Waals surface area contributed by atoms with E-state index in [0.717, 1.165) is 28.7 Å². The summed E-state index contributed by atoms with van der Waals surface area (Å²) in [6, 6.07) is 18.0. The Hall–Kier alpha value is -4.56. The van der Waals surface area contributed by atoms with Crippen molar-refractivity contribution in [2.24, 2.45) is 0 Å². The van der Waals surface area contributed by atoms with Gasteiger partial charge < -0.3 is 23.6 Å². The van der Waals surface area contributed by atoms with Crippen molar-refractivity contribution in [3.63, 3.8) is 0 Å². The Morgan fingerprint density at radius 1 is 0.744 bits per heavy atom. The summed E-state index contributed by atoms with van der Waals surface area (Å²) in [6.45, 7) is 6.14. The molecule has 224 valence electrons. The van der Waals surface area contributed by atoms with Crippen molar-refractivity contribution in [3.05, 3.63) is 94.0 Å². The van der Waals surface area contributed by atoms with Gasteiger partial charge in [0.25, 0.3) is 0 Å². The largest absolute Gasteiger partial charge is 0.491 e. The fourth-order valence-electron chi connectivity index (χ4n) is 3.73. The molecule has 0 spiro atoms. The average molecular weight is 582 g/mol. The topological polar surface area (TPSA) is 65.1 Å². The van der Waals surface area contributed by atoms with Crippen LogP contribution in [0.25, 0.3) is 0 Å². The van der Waals surface area contributed by atoms with E-state index in [0.29, 0.717) is 53.6 Å². The lowest BCUT2D eigenvalue weighted by Crippen LogP contribution is -2.38. The summed E-state index contributed by atoms with van der Waals surface area (Å²) in [5.41, 5.74) is 4.01. The molecular formula is C36H41N2O5+. The molecule has 0 aliphatic rings. The highest BCUT2D eigenvalue weighted by molar-refractivity contribution is 5.94. The lowest BCUT2D eigenvalue weighted by molar-refractivity contribution is -0.870. The fraction of sp³-hybridized carbons (Fsp3) is 0.333. The molecule has 43 heavy (non-hydrogen) atoms. The van der Waals surface area contributed by atoms with Gasteiger partial charge in [0.2, 0.25) is 0 Å². The minimum Gasteiger partial charge on any atom is -0.491 e. The zero-order valence-corrected chi connectivity index (χ0v) is 26.2. The number of nitrogens with zero attached hydrogens (tertiary/aromatic N) is 2. The third-order valence-corrected chi connectivity index (χ3v) is 6.27. The number of Topliss-reactive ketones (excluding diaryl/α,β-unsaturated/α-hetero) is 1. The third-order valence-electron chi connectivity index (χ3n) is 6.27. The Morgan fingerprint density at radius 3 is 1.67 bits per heavy atom. The molecule has 0 unspecified atom stereocenters. The van der Waals surface area contributed by atoms with Crippen LogP contribution in [0.15, 0.2) is 60.7 Å². The molecule has 0 aromatic heterocycles. The highest BCUT2D eigenvalue weighted by atomic mass is 16.5. The number of quaternary nitrogens is 1. The zero-order chi connectivity index (χ0) is 31.4. The molecule has 0 fully saturated rings. The lowest BCUT2D eigenvalue weighted by atomic mass is 10.1. The summed E-state index contributed by atoms with van der Waals surface area (Å²) in [6.07, 6.45) is 0. The number of benzene rings is 3. The number of hydrogen-bond acceptors (Lipinski definition) is 6. The molecule has 7 nitrogen and oxygen atoms in total. The van der Waals surface area contributed by atoms with Gasteiger partial charge in [-0.3, -0.25) is 4.79 Å². The predicted octanol–water partition coefficient (Wildman–Crippen LogP) is 4.89. The van der Waals surface area contributed by atoms with E-state index < -0.39 is 0 Å². The first-order chi connectivity index (χ1) is 20.4. The first-order valence-corrected chi connectivity index (χ1v) is 14.3. The van der Waals surface area contributed by atoms with Gasteiger partial charge >= 0.3 is 5.97 Å². The van der Waals surface area contributed by atoms with Gasteiger partial charge in [0.05, 0.1) is 44.4 Å². The number of ether oxygens (including phenoxy) is 3. The molecule has 0 N–H and O–H groups in total. The van der Waals surface area contributed by atoms with Crippen molar-refractivity contribution < 1.29 is 28.3 Å². The van der Waals surface area contributed by atoms with Crippen LogP contribution in [0.2, 0.25) is 0 Å². The first-order valence-electron chi connectivity index (χ1n) is 14.3. The number of carbonyl (C=O) groups excluding carboxylic acids is 2. The quantitative estimate of drug-likeness (QED) is 0.139. The van der Waals surface area contributed by atoms with E-state index in [1.807, 2.05) is 43.3 Å². The standard InChI is InChI=1S/C36H41N2O5/c1-8-41-36(40)31-17-11-29(12-18-31)14-19-32-26-35(43-24-22-38(5,6)7)33(25-34(32)42-23-21-37(3)4)20-13-28-9-15-30(16-10-28)27(2)39/h9-12,15-18,25-26H,8,21-24H2,1-7H3/q+1. The zero-order valence-electron chi connectivity index (χ0n) is 26.2. The van der Waals surface area contributed by atoms with Gasteiger partial charge in [-0.2, -0.15) is 0 Å². The van der Waals surface area contributed by atoms with E-state index in [4.69, 9.17) is 14.2 Å². The normalized spacial score (nSPS) is 10.7. The monoisotopic (exact) mass is 581 g/mol. The molecule has 0 amide bonds. The molecule has 0 saturated carbocycles. The second-order valence-corrected chi connectivity index (χ2v) is 11.3. The molecule has 3 aromatic rings. The van der Waals surface area contributed by atoms with Gasteiger partial charge in [-0.25, -0.2) is 4.79 Å². The van der Waals surface area contributed by atoms with Gasteiger partial charge in [0.15, 0.2) is 5.78 Å². The number of likely N-dealkylation sites (N-methyl/N-ethyl adjacent to an activating group) is 2. The maximum absolute atomic E-state index is 12.0. The Morgan fingerprint density at radius 2 is 1.23 bits per heavy atom. The summed E-state index contributed by atoms with van der Waals surface area (Å²) in [5, 5.41) is 0. The molecule has 3 rings (SSSR count). The van der Waals surface area contributed by atoms with Crippen LogP contribution in [0, 0.1) is 23.7 Å². The Kier molecular flexibility index (Phi) is 12.0. The molecule has 0 aliphatic heterocycles. The van der Waals surface area contributed by atoms with E-state index in [1.165, 1.54) is 0 Å². The Labute approximate surface area is 256 Å². The van der Waals surface area contributed by atoms with Crippen LogP contribution in [0.3, 0.4) is 0 Å². The fourth-order valence-corrected chi connectivity index (χ4v) is 3.73. The van der Waals surface area contributed by atoms with Gasteiger partial charge in [0, 0.05) is 35.4 Å². The number of esters is 1. The van der Waals surface area contributed by atoms with Crippen LogP contribution >= 0.6 is 0 Å². The summed E-state index contributed by atoms with van der Waals surface area (Å²) in [5.74, 6) is 13.7. The number of hydrogen-bond donors (Lipinski definition) is 0. The molecule has 0 aliphatic carbocycles. The summed E-state index contributed by atoms with van der Waals surface area (Å²) < 4.78 is 18.3. The minimum atomic E-state index is -0.360. The third kappa shape index (κ3) is 11.0. The molecule has 0 atom stereocenters. The van der Waals surface area contributed by atoms with Crippen LogP contribution in [-0.2, 0) is 4.74 Å². The maximum atomic E-state index is 12.0. The number of ketones is 1. The Balaban J connectivity index is 2.02. The van der Waals surface area contributed by atoms with Crippen molar-refractivity contribution in [3.8, 4) is 35.2 Å². The highest BCUT2D eigenvalue weighted by Crippen LogP contribution is 2.29. The number of rotatable bonds is 11. The van der Waals surface area contributed by atoms with Crippen molar-refractivity contribution in [1.82, 2.24) is 4.90 Å². The molecule has 3 aromatic carbocycles. The van der Waals surface area contributed by atoms with Gasteiger partial charge in [-0.05, 0) is 64.3 Å². The van der Waals surface area contributed by atoms with E-state index in [2.05, 4.69) is 44.8 Å². The first kappa shape index (κ1) is 32.9. The van der Waals surface area contributed by atoms with Crippen molar-refractivity contribution in [2.75, 3.05) is 68.1 Å². The molecule has 0 radical (unpaired) electrons. The average Bonchev–Trinajstić information content (AvgIpc) is 2.95. The Bertz CT molecular complexity index is 1530. The summed E-state index contributed by atoms with van der Waals surface area (Å²) >= 11 is 0. The molecule has 0 bridgehead atoms. The second kappa shape index (κ2) is 15.6. The molecular weight excluding hydrogens is 540 g/mol. The van der Waals surface area contributed by atoms with Gasteiger partial charge in [0.1, 0.15) is 31.3 Å². The number of carbonyl (C=O) groups is 2. The second-order valence-electron chi connectivity index (χ2n) is 11.3. The van der Waals surface area contributed by atoms with Crippen molar-refractivity contribution in [1.29, 1.82) is 0 Å². The van der Waals surface area contributed by atoms with Crippen LogP contribution in [0.1, 0.15) is 56.8 Å². The lowest BCUT2D eigenvalue weighted by Gasteiger charge is -2.24. The van der Waals surface area contributed by atoms with Gasteiger partial charge in [-0.15, -0.1) is 0 Å². The maximum Gasteiger partial charge on any atom is 0.338 e. The van der Waals surface area contributed by atoms with Crippen LogP contribution in [0.5, 0.6) is 11.5 Å². The molecule has 7 heteroatoms. The SMILES string of the molecule is CCOC(=O)c1ccc(C#Cc2cc(OCC[N+](C)(C)C)c(C#Cc3ccc(C(C)=O)cc3)cc2OCCN(C)C)cc1. The highest BCUT2D eigenvalue weighted by Gasteiger charge is 2.13. The van der Waals surface area contributed by atoms with Crippen molar-refractivity contribution >= 4 is 11.8 Å². The van der Waals surface area contributed by atoms with Crippen LogP contribution < -0.4 is 9.47 Å². The van der Waals surface area contributed by atoms with E-state index in [-0.39, 0.29) is 11.8 Å². The summed E-state index contributed by atoms with van der Waals surface area (Å²) in [7, 11) is 10.3. The van der Waals surface area contributed by atoms with Gasteiger partial charge in [-0.1, -0.05) is 35.8 Å². The van der Waals surface area contributed by atoms with E-state index >= 15 is 0 Å². The summed E-state index contributed by atoms with van der Waals surface area (Å²) in [4.78, 5) is 25.7. The van der Waals surface area contributed by atoms with E-state index in [1.54, 1.807) is 50.2 Å². The molecule has 0 heterocycles. The van der Waals surface area contributed by atoms with E-state index in [9.17, 15) is 9.59 Å². The molecule has 0 saturated heterocycles. The van der Waals surface area contributed by atoms with Crippen molar-refractivity contribution in [2.45, 2.75) is 13.8 Å². The predicted molar refractivity (Wildman–Crippen MR) is 170 cm³/mol. The van der Waals surface area contributed by atoms with Crippen LogP contribution in [0.4, 0.5) is 0 Å². The minimum absolute atomic E-state index is 0.0126.